The zero-order valence-corrected chi connectivity index (χ0v) is 24.7. The van der Waals surface area contributed by atoms with Crippen LogP contribution in [0, 0.1) is 0 Å². The summed E-state index contributed by atoms with van der Waals surface area (Å²) in [4.78, 5) is 12.8. The van der Waals surface area contributed by atoms with Crippen molar-refractivity contribution in [1.29, 1.82) is 0 Å². The van der Waals surface area contributed by atoms with Crippen molar-refractivity contribution >= 4 is 28.9 Å². The number of rotatable bonds is 20. The molecule has 35 heavy (non-hydrogen) atoms. The third-order valence-electron chi connectivity index (χ3n) is 7.72. The molecule has 1 saturated carbocycles. The van der Waals surface area contributed by atoms with Crippen LogP contribution in [0.1, 0.15) is 164 Å². The van der Waals surface area contributed by atoms with Crippen LogP contribution >= 0.6 is 23.0 Å². The highest BCUT2D eigenvalue weighted by Gasteiger charge is 2.19. The monoisotopic (exact) mass is 597 g/mol. The summed E-state index contributed by atoms with van der Waals surface area (Å²) in [5.74, 6) is 1.28. The van der Waals surface area contributed by atoms with Crippen molar-refractivity contribution in [3.05, 3.63) is 29.3 Å². The van der Waals surface area contributed by atoms with E-state index in [0.29, 0.717) is 17.2 Å². The summed E-state index contributed by atoms with van der Waals surface area (Å²) >= 11 is 1.88. The molecular formula is C31H52INO2. The number of carbonyl (C=O) groups is 1. The highest BCUT2D eigenvalue weighted by Crippen LogP contribution is 2.35. The molecule has 2 rings (SSSR count). The third kappa shape index (κ3) is 13.4. The average molecular weight is 598 g/mol. The van der Waals surface area contributed by atoms with Gasteiger partial charge in [-0.25, -0.2) is 0 Å². The summed E-state index contributed by atoms with van der Waals surface area (Å²) in [6, 6.07) is 6.20. The Labute approximate surface area is 230 Å². The largest absolute Gasteiger partial charge is 0.427 e. The topological polar surface area (TPSA) is 38.3 Å². The number of nitrogens with one attached hydrogen (secondary N) is 1. The van der Waals surface area contributed by atoms with Gasteiger partial charge in [0.2, 0.25) is 0 Å². The fourth-order valence-corrected chi connectivity index (χ4v) is 5.84. The average Bonchev–Trinajstić information content (AvgIpc) is 2.90. The Bertz CT molecular complexity index is 672. The van der Waals surface area contributed by atoms with Gasteiger partial charge < -0.3 is 8.38 Å². The van der Waals surface area contributed by atoms with Gasteiger partial charge in [0.1, 0.15) is 5.75 Å². The Kier molecular flexibility index (Phi) is 17.7. The first-order chi connectivity index (χ1) is 17.3. The van der Waals surface area contributed by atoms with E-state index in [-0.39, 0.29) is 5.91 Å². The Morgan fingerprint density at radius 1 is 0.800 bits per heavy atom. The molecule has 0 heterocycles. The molecule has 0 saturated heterocycles. The van der Waals surface area contributed by atoms with Crippen molar-refractivity contribution in [2.45, 2.75) is 148 Å². The molecule has 0 spiro atoms. The van der Waals surface area contributed by atoms with Crippen molar-refractivity contribution in [3.8, 4) is 5.75 Å². The zero-order chi connectivity index (χ0) is 25.0. The number of benzene rings is 1. The van der Waals surface area contributed by atoms with Crippen LogP contribution < -0.4 is 8.38 Å². The Hall–Kier alpha value is -0.780. The third-order valence-corrected chi connectivity index (χ3v) is 8.20. The first-order valence-electron chi connectivity index (χ1n) is 15.0. The second-order valence-electron chi connectivity index (χ2n) is 10.7. The molecule has 1 aromatic carbocycles. The van der Waals surface area contributed by atoms with E-state index in [2.05, 4.69) is 24.4 Å². The molecule has 0 aromatic heterocycles. The van der Waals surface area contributed by atoms with E-state index < -0.39 is 0 Å². The van der Waals surface area contributed by atoms with Gasteiger partial charge in [0.15, 0.2) is 23.0 Å². The van der Waals surface area contributed by atoms with E-state index in [9.17, 15) is 4.79 Å². The molecule has 1 aliphatic rings. The van der Waals surface area contributed by atoms with Crippen LogP contribution in [0.15, 0.2) is 18.2 Å². The predicted octanol–water partition coefficient (Wildman–Crippen LogP) is 10.5. The first-order valence-corrected chi connectivity index (χ1v) is 15.8. The van der Waals surface area contributed by atoms with Gasteiger partial charge >= 0.3 is 0 Å². The van der Waals surface area contributed by atoms with Crippen LogP contribution in [0.4, 0.5) is 0 Å². The van der Waals surface area contributed by atoms with Crippen LogP contribution in [-0.4, -0.2) is 12.5 Å². The summed E-state index contributed by atoms with van der Waals surface area (Å²) < 4.78 is 5.45. The van der Waals surface area contributed by atoms with Crippen molar-refractivity contribution in [3.63, 3.8) is 0 Å². The summed E-state index contributed by atoms with van der Waals surface area (Å²) in [5.41, 5.74) is 1.99. The van der Waals surface area contributed by atoms with Crippen molar-refractivity contribution in [2.24, 2.45) is 0 Å². The van der Waals surface area contributed by atoms with Gasteiger partial charge in [0.05, 0.1) is 5.56 Å². The first kappa shape index (κ1) is 30.4. The van der Waals surface area contributed by atoms with E-state index >= 15 is 0 Å². The summed E-state index contributed by atoms with van der Waals surface area (Å²) in [6.45, 7) is 3.04. The predicted molar refractivity (Wildman–Crippen MR) is 159 cm³/mol. The SMILES string of the molecule is CCCCCCCCCCCCCCCCCCNC(=O)c1cc(C2CCCCC2)ccc1OI. The van der Waals surface area contributed by atoms with Gasteiger partial charge in [0.25, 0.3) is 5.91 Å². The summed E-state index contributed by atoms with van der Waals surface area (Å²) in [7, 11) is 0. The molecule has 0 radical (unpaired) electrons. The fourth-order valence-electron chi connectivity index (χ4n) is 5.45. The molecule has 0 atom stereocenters. The van der Waals surface area contributed by atoms with Crippen LogP contribution in [0.25, 0.3) is 0 Å². The minimum Gasteiger partial charge on any atom is -0.427 e. The standard InChI is InChI=1S/C31H52INO2/c1-2-3-4-5-6-7-8-9-10-11-12-13-14-15-16-20-25-33-31(34)29-26-28(23-24-30(29)35-32)27-21-18-17-19-22-27/h23-24,26-27H,2-22,25H2,1H3,(H,33,34). The molecule has 0 bridgehead atoms. The second kappa shape index (κ2) is 20.3. The van der Waals surface area contributed by atoms with E-state index in [4.69, 9.17) is 3.07 Å². The number of hydrogen-bond donors (Lipinski definition) is 1. The Morgan fingerprint density at radius 3 is 1.83 bits per heavy atom. The molecule has 4 heteroatoms. The lowest BCUT2D eigenvalue weighted by Crippen LogP contribution is -2.25. The maximum Gasteiger partial charge on any atom is 0.255 e. The Morgan fingerprint density at radius 2 is 1.31 bits per heavy atom. The van der Waals surface area contributed by atoms with Crippen LogP contribution in [0.3, 0.4) is 0 Å². The van der Waals surface area contributed by atoms with Crippen molar-refractivity contribution in [2.75, 3.05) is 6.54 Å². The van der Waals surface area contributed by atoms with Gasteiger partial charge in [-0.05, 0) is 42.9 Å². The maximum atomic E-state index is 12.8. The van der Waals surface area contributed by atoms with Gasteiger partial charge in [-0.15, -0.1) is 0 Å². The van der Waals surface area contributed by atoms with Crippen molar-refractivity contribution in [1.82, 2.24) is 5.32 Å². The van der Waals surface area contributed by atoms with Crippen LogP contribution in [-0.2, 0) is 0 Å². The highest BCUT2D eigenvalue weighted by atomic mass is 127. The molecule has 1 N–H and O–H groups in total. The maximum absolute atomic E-state index is 12.8. The zero-order valence-electron chi connectivity index (χ0n) is 22.6. The van der Waals surface area contributed by atoms with E-state index in [1.165, 1.54) is 134 Å². The van der Waals surface area contributed by atoms with Gasteiger partial charge in [-0.2, -0.15) is 0 Å². The normalized spacial score (nSPS) is 14.2. The molecule has 1 fully saturated rings. The lowest BCUT2D eigenvalue weighted by molar-refractivity contribution is 0.0951. The smallest absolute Gasteiger partial charge is 0.255 e. The highest BCUT2D eigenvalue weighted by molar-refractivity contribution is 14.1. The lowest BCUT2D eigenvalue weighted by Gasteiger charge is -2.22. The summed E-state index contributed by atoms with van der Waals surface area (Å²) in [5, 5.41) is 3.13. The van der Waals surface area contributed by atoms with Gasteiger partial charge in [0, 0.05) is 6.54 Å². The quantitative estimate of drug-likeness (QED) is 0.120. The molecule has 1 aromatic rings. The number of halogens is 1. The molecule has 1 aliphatic carbocycles. The molecule has 0 aliphatic heterocycles. The summed E-state index contributed by atoms with van der Waals surface area (Å²) in [6.07, 6.45) is 28.3. The van der Waals surface area contributed by atoms with Crippen LogP contribution in [0.2, 0.25) is 0 Å². The molecule has 200 valence electrons. The van der Waals surface area contributed by atoms with Gasteiger partial charge in [-0.3, -0.25) is 4.79 Å². The minimum absolute atomic E-state index is 0.00952. The Balaban J connectivity index is 1.47. The molecule has 1 amide bonds. The number of amides is 1. The molecular weight excluding hydrogens is 545 g/mol. The lowest BCUT2D eigenvalue weighted by atomic mass is 9.83. The van der Waals surface area contributed by atoms with E-state index in [1.807, 2.05) is 29.1 Å². The number of carbonyl (C=O) groups excluding carboxylic acids is 1. The number of hydrogen-bond acceptors (Lipinski definition) is 2. The van der Waals surface area contributed by atoms with Crippen LogP contribution in [0.5, 0.6) is 5.75 Å². The number of unbranched alkanes of at least 4 members (excludes halogenated alkanes) is 15. The molecule has 3 nitrogen and oxygen atoms in total. The minimum atomic E-state index is 0.00952. The fraction of sp³-hybridized carbons (Fsp3) is 0.774. The molecule has 0 unspecified atom stereocenters. The van der Waals surface area contributed by atoms with Crippen molar-refractivity contribution < 1.29 is 7.86 Å². The van der Waals surface area contributed by atoms with E-state index in [1.54, 1.807) is 0 Å². The van der Waals surface area contributed by atoms with Gasteiger partial charge in [-0.1, -0.05) is 129 Å². The second-order valence-corrected chi connectivity index (χ2v) is 11.2. The van der Waals surface area contributed by atoms with E-state index in [0.717, 1.165) is 13.0 Å².